The SMILES string of the molecule is CCNC(=O)[C@@H](C)N(Cc1ccccc1)C(=O)CCc1ccc(C)cc1. The molecule has 0 bridgehead atoms. The Bertz CT molecular complexity index is 711. The van der Waals surface area contributed by atoms with Gasteiger partial charge in [-0.2, -0.15) is 0 Å². The van der Waals surface area contributed by atoms with Crippen LogP contribution < -0.4 is 5.32 Å². The second kappa shape index (κ2) is 9.76. The first-order valence-electron chi connectivity index (χ1n) is 9.18. The fraction of sp³-hybridized carbons (Fsp3) is 0.364. The van der Waals surface area contributed by atoms with E-state index in [9.17, 15) is 9.59 Å². The van der Waals surface area contributed by atoms with Gasteiger partial charge in [0.05, 0.1) is 0 Å². The van der Waals surface area contributed by atoms with Gasteiger partial charge in [0.25, 0.3) is 0 Å². The van der Waals surface area contributed by atoms with Gasteiger partial charge in [-0.3, -0.25) is 9.59 Å². The molecule has 26 heavy (non-hydrogen) atoms. The van der Waals surface area contributed by atoms with E-state index in [4.69, 9.17) is 0 Å². The van der Waals surface area contributed by atoms with E-state index in [0.29, 0.717) is 25.9 Å². The van der Waals surface area contributed by atoms with Gasteiger partial charge in [0.1, 0.15) is 6.04 Å². The maximum atomic E-state index is 12.9. The molecule has 0 saturated carbocycles. The van der Waals surface area contributed by atoms with Crippen molar-refractivity contribution in [1.82, 2.24) is 10.2 Å². The summed E-state index contributed by atoms with van der Waals surface area (Å²) in [5.74, 6) is -0.125. The fourth-order valence-corrected chi connectivity index (χ4v) is 2.83. The minimum absolute atomic E-state index is 0.00631. The Morgan fingerprint density at radius 1 is 1.00 bits per heavy atom. The van der Waals surface area contributed by atoms with Crippen LogP contribution in [0.2, 0.25) is 0 Å². The molecule has 0 radical (unpaired) electrons. The molecule has 0 aliphatic heterocycles. The van der Waals surface area contributed by atoms with Crippen LogP contribution in [0.3, 0.4) is 0 Å². The van der Waals surface area contributed by atoms with Crippen molar-refractivity contribution in [1.29, 1.82) is 0 Å². The molecule has 0 spiro atoms. The zero-order valence-electron chi connectivity index (χ0n) is 15.9. The minimum atomic E-state index is -0.499. The van der Waals surface area contributed by atoms with Gasteiger partial charge in [-0.25, -0.2) is 0 Å². The van der Waals surface area contributed by atoms with Crippen LogP contribution in [0.1, 0.15) is 37.0 Å². The zero-order valence-corrected chi connectivity index (χ0v) is 15.9. The van der Waals surface area contributed by atoms with Gasteiger partial charge in [0, 0.05) is 19.5 Å². The highest BCUT2D eigenvalue weighted by atomic mass is 16.2. The quantitative estimate of drug-likeness (QED) is 0.791. The van der Waals surface area contributed by atoms with Gasteiger partial charge in [0.15, 0.2) is 0 Å². The number of carbonyl (C=O) groups excluding carboxylic acids is 2. The molecular weight excluding hydrogens is 324 g/mol. The first kappa shape index (κ1) is 19.7. The Morgan fingerprint density at radius 2 is 1.65 bits per heavy atom. The standard InChI is InChI=1S/C22H28N2O2/c1-4-23-22(26)18(3)24(16-20-8-6-5-7-9-20)21(25)15-14-19-12-10-17(2)11-13-19/h5-13,18H,4,14-16H2,1-3H3,(H,23,26)/t18-/m1/s1. The van der Waals surface area contributed by atoms with Crippen molar-refractivity contribution in [3.05, 3.63) is 71.3 Å². The van der Waals surface area contributed by atoms with Crippen LogP contribution in [-0.2, 0) is 22.6 Å². The van der Waals surface area contributed by atoms with E-state index < -0.39 is 6.04 Å². The summed E-state index contributed by atoms with van der Waals surface area (Å²) in [4.78, 5) is 26.8. The van der Waals surface area contributed by atoms with Gasteiger partial charge in [-0.1, -0.05) is 60.2 Å². The summed E-state index contributed by atoms with van der Waals surface area (Å²) in [6.45, 7) is 6.71. The molecule has 0 aliphatic carbocycles. The second-order valence-corrected chi connectivity index (χ2v) is 6.56. The fourth-order valence-electron chi connectivity index (χ4n) is 2.83. The average molecular weight is 352 g/mol. The number of benzene rings is 2. The highest BCUT2D eigenvalue weighted by Gasteiger charge is 2.25. The van der Waals surface area contributed by atoms with Crippen molar-refractivity contribution >= 4 is 11.8 Å². The molecule has 1 N–H and O–H groups in total. The largest absolute Gasteiger partial charge is 0.355 e. The van der Waals surface area contributed by atoms with Crippen molar-refractivity contribution in [2.24, 2.45) is 0 Å². The molecule has 4 heteroatoms. The van der Waals surface area contributed by atoms with Crippen LogP contribution in [0, 0.1) is 6.92 Å². The Hall–Kier alpha value is -2.62. The van der Waals surface area contributed by atoms with E-state index >= 15 is 0 Å². The highest BCUT2D eigenvalue weighted by molar-refractivity contribution is 5.87. The summed E-state index contributed by atoms with van der Waals surface area (Å²) in [5, 5.41) is 2.81. The number of carbonyl (C=O) groups is 2. The van der Waals surface area contributed by atoms with Gasteiger partial charge in [-0.15, -0.1) is 0 Å². The van der Waals surface area contributed by atoms with Gasteiger partial charge in [-0.05, 0) is 38.3 Å². The summed E-state index contributed by atoms with van der Waals surface area (Å²) < 4.78 is 0. The predicted molar refractivity (Wildman–Crippen MR) is 105 cm³/mol. The van der Waals surface area contributed by atoms with E-state index in [1.54, 1.807) is 11.8 Å². The van der Waals surface area contributed by atoms with E-state index in [1.165, 1.54) is 5.56 Å². The monoisotopic (exact) mass is 352 g/mol. The lowest BCUT2D eigenvalue weighted by molar-refractivity contribution is -0.140. The number of hydrogen-bond donors (Lipinski definition) is 1. The molecule has 0 unspecified atom stereocenters. The van der Waals surface area contributed by atoms with E-state index in [0.717, 1.165) is 11.1 Å². The average Bonchev–Trinajstić information content (AvgIpc) is 2.66. The highest BCUT2D eigenvalue weighted by Crippen LogP contribution is 2.13. The molecule has 0 heterocycles. The van der Waals surface area contributed by atoms with Gasteiger partial charge >= 0.3 is 0 Å². The summed E-state index contributed by atoms with van der Waals surface area (Å²) in [6, 6.07) is 17.5. The lowest BCUT2D eigenvalue weighted by Gasteiger charge is -2.28. The Morgan fingerprint density at radius 3 is 2.27 bits per heavy atom. The number of likely N-dealkylation sites (N-methyl/N-ethyl adjacent to an activating group) is 1. The van der Waals surface area contributed by atoms with Crippen LogP contribution in [0.4, 0.5) is 0 Å². The first-order valence-corrected chi connectivity index (χ1v) is 9.18. The molecule has 0 fully saturated rings. The summed E-state index contributed by atoms with van der Waals surface area (Å²) in [6.07, 6.45) is 1.06. The molecule has 2 aromatic rings. The minimum Gasteiger partial charge on any atom is -0.355 e. The number of nitrogens with one attached hydrogen (secondary N) is 1. The van der Waals surface area contributed by atoms with Crippen molar-refractivity contribution in [2.45, 2.75) is 46.2 Å². The van der Waals surface area contributed by atoms with Crippen LogP contribution in [0.15, 0.2) is 54.6 Å². The number of hydrogen-bond acceptors (Lipinski definition) is 2. The third kappa shape index (κ3) is 5.73. The van der Waals surface area contributed by atoms with Crippen LogP contribution in [0.25, 0.3) is 0 Å². The molecule has 0 aromatic heterocycles. The van der Waals surface area contributed by atoms with E-state index in [2.05, 4.69) is 29.6 Å². The topological polar surface area (TPSA) is 49.4 Å². The second-order valence-electron chi connectivity index (χ2n) is 6.56. The lowest BCUT2D eigenvalue weighted by Crippen LogP contribution is -2.47. The number of rotatable bonds is 8. The van der Waals surface area contributed by atoms with Crippen LogP contribution in [-0.4, -0.2) is 29.3 Å². The lowest BCUT2D eigenvalue weighted by atomic mass is 10.1. The number of aryl methyl sites for hydroxylation is 2. The number of nitrogens with zero attached hydrogens (tertiary/aromatic N) is 1. The van der Waals surface area contributed by atoms with Gasteiger partial charge < -0.3 is 10.2 Å². The molecule has 2 rings (SSSR count). The van der Waals surface area contributed by atoms with E-state index in [1.807, 2.05) is 44.2 Å². The van der Waals surface area contributed by atoms with Crippen molar-refractivity contribution in [3.8, 4) is 0 Å². The summed E-state index contributed by atoms with van der Waals surface area (Å²) in [5.41, 5.74) is 3.36. The molecule has 2 aromatic carbocycles. The molecule has 0 saturated heterocycles. The third-order valence-corrected chi connectivity index (χ3v) is 4.46. The van der Waals surface area contributed by atoms with Crippen LogP contribution in [0.5, 0.6) is 0 Å². The van der Waals surface area contributed by atoms with Gasteiger partial charge in [0.2, 0.25) is 11.8 Å². The number of amides is 2. The van der Waals surface area contributed by atoms with Crippen molar-refractivity contribution in [3.63, 3.8) is 0 Å². The van der Waals surface area contributed by atoms with E-state index in [-0.39, 0.29) is 11.8 Å². The molecular formula is C22H28N2O2. The smallest absolute Gasteiger partial charge is 0.242 e. The Kier molecular flexibility index (Phi) is 7.39. The first-order chi connectivity index (χ1) is 12.5. The Balaban J connectivity index is 2.09. The maximum Gasteiger partial charge on any atom is 0.242 e. The zero-order chi connectivity index (χ0) is 18.9. The molecule has 0 aliphatic rings. The molecule has 2 amide bonds. The van der Waals surface area contributed by atoms with Crippen molar-refractivity contribution < 1.29 is 9.59 Å². The normalized spacial score (nSPS) is 11.7. The Labute approximate surface area is 156 Å². The summed E-state index contributed by atoms with van der Waals surface area (Å²) in [7, 11) is 0. The predicted octanol–water partition coefficient (Wildman–Crippen LogP) is 3.48. The molecule has 1 atom stereocenters. The van der Waals surface area contributed by atoms with Crippen LogP contribution >= 0.6 is 0 Å². The molecule has 4 nitrogen and oxygen atoms in total. The third-order valence-electron chi connectivity index (χ3n) is 4.46. The maximum absolute atomic E-state index is 12.9. The summed E-state index contributed by atoms with van der Waals surface area (Å²) >= 11 is 0. The molecule has 138 valence electrons. The van der Waals surface area contributed by atoms with Crippen molar-refractivity contribution in [2.75, 3.05) is 6.54 Å².